The third-order valence-corrected chi connectivity index (χ3v) is 2.93. The molecule has 0 aliphatic rings. The third-order valence-electron chi connectivity index (χ3n) is 2.93. The zero-order valence-corrected chi connectivity index (χ0v) is 9.51. The van der Waals surface area contributed by atoms with Gasteiger partial charge in [0, 0.05) is 17.1 Å². The van der Waals surface area contributed by atoms with E-state index in [9.17, 15) is 4.39 Å². The van der Waals surface area contributed by atoms with E-state index in [2.05, 4.69) is 4.98 Å². The van der Waals surface area contributed by atoms with Crippen molar-refractivity contribution < 1.29 is 8.81 Å². The Labute approximate surface area is 103 Å². The fourth-order valence-corrected chi connectivity index (χ4v) is 2.02. The minimum atomic E-state index is -0.447. The van der Waals surface area contributed by atoms with Crippen molar-refractivity contribution in [2.75, 3.05) is 0 Å². The van der Waals surface area contributed by atoms with E-state index >= 15 is 0 Å². The van der Waals surface area contributed by atoms with Crippen molar-refractivity contribution in [3.63, 3.8) is 0 Å². The summed E-state index contributed by atoms with van der Waals surface area (Å²) in [7, 11) is 0. The van der Waals surface area contributed by atoms with Crippen LogP contribution in [0.15, 0.2) is 53.4 Å². The maximum Gasteiger partial charge on any atom is 0.141 e. The molecule has 0 aliphatic carbocycles. The van der Waals surface area contributed by atoms with Gasteiger partial charge in [-0.15, -0.1) is 0 Å². The lowest BCUT2D eigenvalue weighted by Gasteiger charge is -2.09. The summed E-state index contributed by atoms with van der Waals surface area (Å²) in [6.07, 6.45) is 4.33. The smallest absolute Gasteiger partial charge is 0.141 e. The molecule has 0 radical (unpaired) electrons. The summed E-state index contributed by atoms with van der Waals surface area (Å²) in [6, 6.07) is 8.55. The van der Waals surface area contributed by atoms with Gasteiger partial charge in [-0.2, -0.15) is 0 Å². The quantitative estimate of drug-likeness (QED) is 0.751. The van der Waals surface area contributed by atoms with E-state index in [1.165, 1.54) is 6.07 Å². The predicted molar refractivity (Wildman–Crippen MR) is 66.4 cm³/mol. The molecule has 0 amide bonds. The molecule has 3 nitrogen and oxygen atoms in total. The first-order chi connectivity index (χ1) is 8.75. The third kappa shape index (κ3) is 1.76. The molecule has 3 aromatic rings. The van der Waals surface area contributed by atoms with Crippen molar-refractivity contribution in [2.45, 2.75) is 6.04 Å². The molecule has 0 bridgehead atoms. The summed E-state index contributed by atoms with van der Waals surface area (Å²) in [4.78, 5) is 3.81. The van der Waals surface area contributed by atoms with Crippen LogP contribution in [0.5, 0.6) is 0 Å². The topological polar surface area (TPSA) is 52.0 Å². The van der Waals surface area contributed by atoms with Crippen molar-refractivity contribution >= 4 is 11.0 Å². The van der Waals surface area contributed by atoms with E-state index < -0.39 is 11.9 Å². The van der Waals surface area contributed by atoms with Crippen LogP contribution in [0.3, 0.4) is 0 Å². The summed E-state index contributed by atoms with van der Waals surface area (Å²) in [5, 5.41) is 0.939. The predicted octanol–water partition coefficient (Wildman–Crippen LogP) is 3.02. The van der Waals surface area contributed by atoms with Crippen molar-refractivity contribution in [1.29, 1.82) is 0 Å². The second-order valence-corrected chi connectivity index (χ2v) is 4.10. The van der Waals surface area contributed by atoms with Gasteiger partial charge >= 0.3 is 0 Å². The largest absolute Gasteiger partial charge is 0.464 e. The standard InChI is InChI=1S/C14H11FN2O/c15-10-5-9(6-17-7-10)14(16)12-8-18-13-4-2-1-3-11(12)13/h1-8,14H,16H2. The first kappa shape index (κ1) is 10.9. The SMILES string of the molecule is NC(c1cncc(F)c1)c1coc2ccccc12. The Hall–Kier alpha value is -2.20. The lowest BCUT2D eigenvalue weighted by Crippen LogP contribution is -2.11. The molecule has 1 unspecified atom stereocenters. The molecule has 2 heterocycles. The highest BCUT2D eigenvalue weighted by Gasteiger charge is 2.15. The molecule has 3 rings (SSSR count). The Morgan fingerprint density at radius 2 is 2.06 bits per heavy atom. The number of hydrogen-bond donors (Lipinski definition) is 1. The van der Waals surface area contributed by atoms with E-state index in [1.54, 1.807) is 12.5 Å². The fourth-order valence-electron chi connectivity index (χ4n) is 2.02. The molecule has 0 aliphatic heterocycles. The van der Waals surface area contributed by atoms with Crippen LogP contribution in [-0.4, -0.2) is 4.98 Å². The summed E-state index contributed by atoms with van der Waals surface area (Å²) in [6.45, 7) is 0. The number of pyridine rings is 1. The van der Waals surface area contributed by atoms with Crippen molar-refractivity contribution in [3.05, 3.63) is 65.9 Å². The molecule has 2 aromatic heterocycles. The monoisotopic (exact) mass is 242 g/mol. The minimum Gasteiger partial charge on any atom is -0.464 e. The van der Waals surface area contributed by atoms with Crippen LogP contribution in [0.4, 0.5) is 4.39 Å². The lowest BCUT2D eigenvalue weighted by molar-refractivity contribution is 0.603. The zero-order valence-electron chi connectivity index (χ0n) is 9.51. The van der Waals surface area contributed by atoms with Gasteiger partial charge in [0.1, 0.15) is 11.4 Å². The van der Waals surface area contributed by atoms with Gasteiger partial charge in [0.05, 0.1) is 18.5 Å². The number of nitrogens with zero attached hydrogens (tertiary/aromatic N) is 1. The highest BCUT2D eigenvalue weighted by molar-refractivity contribution is 5.81. The molecular formula is C14H11FN2O. The zero-order chi connectivity index (χ0) is 12.5. The average molecular weight is 242 g/mol. The number of para-hydroxylation sites is 1. The fraction of sp³-hybridized carbons (Fsp3) is 0.0714. The molecule has 0 spiro atoms. The number of hydrogen-bond acceptors (Lipinski definition) is 3. The van der Waals surface area contributed by atoms with E-state index in [1.807, 2.05) is 24.3 Å². The van der Waals surface area contributed by atoms with Gasteiger partial charge in [-0.3, -0.25) is 4.98 Å². The van der Waals surface area contributed by atoms with E-state index in [0.29, 0.717) is 5.56 Å². The molecule has 1 atom stereocenters. The van der Waals surface area contributed by atoms with Gasteiger partial charge in [0.25, 0.3) is 0 Å². The number of rotatable bonds is 2. The first-order valence-corrected chi connectivity index (χ1v) is 5.58. The summed E-state index contributed by atoms with van der Waals surface area (Å²) >= 11 is 0. The summed E-state index contributed by atoms with van der Waals surface area (Å²) in [5.74, 6) is -0.393. The van der Waals surface area contributed by atoms with E-state index in [-0.39, 0.29) is 0 Å². The second kappa shape index (κ2) is 4.23. The van der Waals surface area contributed by atoms with Gasteiger partial charge in [-0.25, -0.2) is 4.39 Å². The molecule has 0 fully saturated rings. The Bertz CT molecular complexity index is 693. The van der Waals surface area contributed by atoms with E-state index in [0.717, 1.165) is 22.7 Å². The second-order valence-electron chi connectivity index (χ2n) is 4.10. The number of fused-ring (bicyclic) bond motifs is 1. The molecule has 4 heteroatoms. The highest BCUT2D eigenvalue weighted by Crippen LogP contribution is 2.28. The van der Waals surface area contributed by atoms with Gasteiger partial charge < -0.3 is 10.2 Å². The van der Waals surface area contributed by atoms with Crippen LogP contribution in [0.25, 0.3) is 11.0 Å². The summed E-state index contributed by atoms with van der Waals surface area (Å²) in [5.41, 5.74) is 8.36. The molecular weight excluding hydrogens is 231 g/mol. The maximum atomic E-state index is 13.1. The van der Waals surface area contributed by atoms with Crippen LogP contribution in [-0.2, 0) is 0 Å². The number of benzene rings is 1. The highest BCUT2D eigenvalue weighted by atomic mass is 19.1. The molecule has 0 saturated heterocycles. The van der Waals surface area contributed by atoms with Crippen molar-refractivity contribution in [3.8, 4) is 0 Å². The van der Waals surface area contributed by atoms with Crippen LogP contribution < -0.4 is 5.73 Å². The lowest BCUT2D eigenvalue weighted by atomic mass is 10.0. The van der Waals surface area contributed by atoms with Gasteiger partial charge in [0.2, 0.25) is 0 Å². The molecule has 1 aromatic carbocycles. The van der Waals surface area contributed by atoms with Gasteiger partial charge in [-0.05, 0) is 17.7 Å². The van der Waals surface area contributed by atoms with Crippen LogP contribution >= 0.6 is 0 Å². The Balaban J connectivity index is 2.09. The summed E-state index contributed by atoms with van der Waals surface area (Å²) < 4.78 is 18.6. The Morgan fingerprint density at radius 3 is 2.89 bits per heavy atom. The van der Waals surface area contributed by atoms with Gasteiger partial charge in [-0.1, -0.05) is 18.2 Å². The average Bonchev–Trinajstić information content (AvgIpc) is 2.82. The Kier molecular flexibility index (Phi) is 2.57. The number of nitrogens with two attached hydrogens (primary N) is 1. The number of halogens is 1. The Morgan fingerprint density at radius 1 is 1.22 bits per heavy atom. The number of furan rings is 1. The van der Waals surface area contributed by atoms with E-state index in [4.69, 9.17) is 10.2 Å². The molecule has 0 saturated carbocycles. The van der Waals surface area contributed by atoms with Crippen molar-refractivity contribution in [2.24, 2.45) is 5.73 Å². The van der Waals surface area contributed by atoms with Crippen LogP contribution in [0, 0.1) is 5.82 Å². The molecule has 90 valence electrons. The maximum absolute atomic E-state index is 13.1. The normalized spacial score (nSPS) is 12.8. The first-order valence-electron chi connectivity index (χ1n) is 5.58. The van der Waals surface area contributed by atoms with Gasteiger partial charge in [0.15, 0.2) is 0 Å². The van der Waals surface area contributed by atoms with Crippen LogP contribution in [0.1, 0.15) is 17.2 Å². The molecule has 18 heavy (non-hydrogen) atoms. The molecule has 2 N–H and O–H groups in total. The minimum absolute atomic E-state index is 0.393. The number of aromatic nitrogens is 1. The van der Waals surface area contributed by atoms with Crippen LogP contribution in [0.2, 0.25) is 0 Å². The van der Waals surface area contributed by atoms with Crippen molar-refractivity contribution in [1.82, 2.24) is 4.98 Å².